The maximum atomic E-state index is 12.9. The molecule has 0 bridgehead atoms. The van der Waals surface area contributed by atoms with E-state index in [4.69, 9.17) is 9.97 Å². The number of aromatic nitrogens is 5. The number of benzene rings is 1. The van der Waals surface area contributed by atoms with Crippen LogP contribution in [0.15, 0.2) is 41.5 Å². The third kappa shape index (κ3) is 2.88. The van der Waals surface area contributed by atoms with Crippen LogP contribution in [0.3, 0.4) is 0 Å². The summed E-state index contributed by atoms with van der Waals surface area (Å²) < 4.78 is 3.43. The van der Waals surface area contributed by atoms with Gasteiger partial charge in [-0.05, 0) is 45.0 Å². The molecule has 4 aromatic rings. The maximum Gasteiger partial charge on any atom is 0.258 e. The monoisotopic (exact) mass is 374 g/mol. The lowest BCUT2D eigenvalue weighted by atomic mass is 9.95. The second-order valence-corrected chi connectivity index (χ2v) is 7.53. The Labute approximate surface area is 162 Å². The van der Waals surface area contributed by atoms with Crippen molar-refractivity contribution < 1.29 is 0 Å². The largest absolute Gasteiger partial charge is 0.317 e. The third-order valence-electron chi connectivity index (χ3n) is 5.51. The van der Waals surface area contributed by atoms with E-state index in [1.165, 1.54) is 0 Å². The van der Waals surface area contributed by atoms with E-state index in [1.807, 2.05) is 44.6 Å². The second-order valence-electron chi connectivity index (χ2n) is 7.53. The Morgan fingerprint density at radius 3 is 2.75 bits per heavy atom. The molecule has 3 aromatic heterocycles. The molecular formula is C21H22N6O. The molecule has 0 atom stereocenters. The van der Waals surface area contributed by atoms with Crippen LogP contribution in [0.2, 0.25) is 0 Å². The average Bonchev–Trinajstić information content (AvgIpc) is 3.08. The molecule has 1 N–H and O–H groups in total. The Bertz CT molecular complexity index is 1250. The molecule has 4 heterocycles. The first-order valence-corrected chi connectivity index (χ1v) is 9.64. The molecule has 0 amide bonds. The molecule has 0 saturated carbocycles. The molecule has 7 nitrogen and oxygen atoms in total. The first-order valence-electron chi connectivity index (χ1n) is 9.64. The number of aryl methyl sites for hydroxylation is 2. The lowest BCUT2D eigenvalue weighted by Gasteiger charge is -2.22. The fourth-order valence-electron chi connectivity index (χ4n) is 4.05. The van der Waals surface area contributed by atoms with E-state index in [-0.39, 0.29) is 5.56 Å². The smallest absolute Gasteiger partial charge is 0.258 e. The van der Waals surface area contributed by atoms with Crippen molar-refractivity contribution >= 4 is 16.6 Å². The molecule has 1 saturated heterocycles. The Morgan fingerprint density at radius 1 is 1.11 bits per heavy atom. The second kappa shape index (κ2) is 6.53. The SMILES string of the molecule is Cc1nc(C2CCNCC2)cn2c(=O)cc(-c3ccc4nn(C)cc4c3)nc12. The van der Waals surface area contributed by atoms with Gasteiger partial charge in [-0.1, -0.05) is 6.07 Å². The van der Waals surface area contributed by atoms with Crippen LogP contribution < -0.4 is 10.9 Å². The van der Waals surface area contributed by atoms with Crippen molar-refractivity contribution in [2.45, 2.75) is 25.7 Å². The van der Waals surface area contributed by atoms with Gasteiger partial charge in [-0.2, -0.15) is 5.10 Å². The summed E-state index contributed by atoms with van der Waals surface area (Å²) >= 11 is 0. The van der Waals surface area contributed by atoms with Gasteiger partial charge in [-0.3, -0.25) is 18.9 Å². The highest BCUT2D eigenvalue weighted by Crippen LogP contribution is 2.25. The van der Waals surface area contributed by atoms with Crippen LogP contribution >= 0.6 is 0 Å². The third-order valence-corrected chi connectivity index (χ3v) is 5.51. The van der Waals surface area contributed by atoms with E-state index in [9.17, 15) is 4.79 Å². The molecule has 142 valence electrons. The first kappa shape index (κ1) is 17.1. The van der Waals surface area contributed by atoms with Crippen molar-refractivity contribution in [1.29, 1.82) is 0 Å². The molecule has 5 rings (SSSR count). The number of piperidine rings is 1. The van der Waals surface area contributed by atoms with E-state index in [0.717, 1.165) is 53.8 Å². The molecule has 1 aromatic carbocycles. The Balaban J connectivity index is 1.63. The van der Waals surface area contributed by atoms with Gasteiger partial charge in [-0.25, -0.2) is 4.98 Å². The molecule has 28 heavy (non-hydrogen) atoms. The minimum absolute atomic E-state index is 0.0769. The van der Waals surface area contributed by atoms with E-state index in [1.54, 1.807) is 15.1 Å². The molecule has 1 fully saturated rings. The lowest BCUT2D eigenvalue weighted by Crippen LogP contribution is -2.28. The van der Waals surface area contributed by atoms with Gasteiger partial charge in [0.25, 0.3) is 5.56 Å². The fraction of sp³-hybridized carbons (Fsp3) is 0.333. The fourth-order valence-corrected chi connectivity index (χ4v) is 4.05. The van der Waals surface area contributed by atoms with E-state index in [0.29, 0.717) is 17.3 Å². The number of hydrogen-bond acceptors (Lipinski definition) is 5. The Hall–Kier alpha value is -3.06. The van der Waals surface area contributed by atoms with Crippen molar-refractivity contribution in [3.05, 3.63) is 58.4 Å². The normalized spacial score (nSPS) is 15.5. The molecule has 1 aliphatic heterocycles. The van der Waals surface area contributed by atoms with Gasteiger partial charge in [0.05, 0.1) is 22.6 Å². The molecule has 0 unspecified atom stereocenters. The molecular weight excluding hydrogens is 352 g/mol. The van der Waals surface area contributed by atoms with Gasteiger partial charge in [-0.15, -0.1) is 0 Å². The summed E-state index contributed by atoms with van der Waals surface area (Å²) in [4.78, 5) is 22.5. The quantitative estimate of drug-likeness (QED) is 0.583. The van der Waals surface area contributed by atoms with Gasteiger partial charge in [0.15, 0.2) is 5.65 Å². The summed E-state index contributed by atoms with van der Waals surface area (Å²) in [5.74, 6) is 0.393. The lowest BCUT2D eigenvalue weighted by molar-refractivity contribution is 0.451. The van der Waals surface area contributed by atoms with Crippen molar-refractivity contribution in [1.82, 2.24) is 29.5 Å². The van der Waals surface area contributed by atoms with Crippen LogP contribution in [0.5, 0.6) is 0 Å². The summed E-state index contributed by atoms with van der Waals surface area (Å²) in [5.41, 5.74) is 4.81. The predicted octanol–water partition coefficient (Wildman–Crippen LogP) is 2.42. The summed E-state index contributed by atoms with van der Waals surface area (Å²) in [6.07, 6.45) is 5.93. The number of rotatable bonds is 2. The number of fused-ring (bicyclic) bond motifs is 2. The highest BCUT2D eigenvalue weighted by atomic mass is 16.1. The standard InChI is InChI=1S/C21H22N6O/c1-13-21-24-18(15-3-4-17-16(9-15)11-26(2)25-17)10-20(28)27(21)12-19(23-13)14-5-7-22-8-6-14/h3-4,9-12,14,22H,5-8H2,1-2H3. The highest BCUT2D eigenvalue weighted by Gasteiger charge is 2.19. The van der Waals surface area contributed by atoms with Crippen molar-refractivity contribution in [2.75, 3.05) is 13.1 Å². The maximum absolute atomic E-state index is 12.9. The van der Waals surface area contributed by atoms with Gasteiger partial charge >= 0.3 is 0 Å². The van der Waals surface area contributed by atoms with Gasteiger partial charge in [0.2, 0.25) is 0 Å². The first-order chi connectivity index (χ1) is 13.6. The molecule has 0 radical (unpaired) electrons. The van der Waals surface area contributed by atoms with Crippen molar-refractivity contribution in [3.63, 3.8) is 0 Å². The molecule has 0 spiro atoms. The van der Waals surface area contributed by atoms with Crippen LogP contribution in [-0.2, 0) is 7.05 Å². The zero-order chi connectivity index (χ0) is 19.3. The minimum atomic E-state index is -0.0769. The summed E-state index contributed by atoms with van der Waals surface area (Å²) in [6.45, 7) is 3.92. The molecule has 1 aliphatic rings. The zero-order valence-corrected chi connectivity index (χ0v) is 16.0. The Kier molecular flexibility index (Phi) is 3.98. The molecule has 7 heteroatoms. The molecule has 0 aliphatic carbocycles. The van der Waals surface area contributed by atoms with E-state index >= 15 is 0 Å². The summed E-state index contributed by atoms with van der Waals surface area (Å²) in [5, 5.41) is 8.80. The summed E-state index contributed by atoms with van der Waals surface area (Å²) in [7, 11) is 1.90. The van der Waals surface area contributed by atoms with Crippen molar-refractivity contribution in [3.8, 4) is 11.3 Å². The topological polar surface area (TPSA) is 77.1 Å². The minimum Gasteiger partial charge on any atom is -0.317 e. The van der Waals surface area contributed by atoms with Crippen LogP contribution in [0, 0.1) is 6.92 Å². The number of nitrogens with zero attached hydrogens (tertiary/aromatic N) is 5. The van der Waals surface area contributed by atoms with E-state index in [2.05, 4.69) is 10.4 Å². The zero-order valence-electron chi connectivity index (χ0n) is 16.0. The van der Waals surface area contributed by atoms with Gasteiger partial charge in [0.1, 0.15) is 0 Å². The van der Waals surface area contributed by atoms with Crippen LogP contribution in [-0.4, -0.2) is 37.2 Å². The predicted molar refractivity (Wildman–Crippen MR) is 109 cm³/mol. The van der Waals surface area contributed by atoms with Crippen LogP contribution in [0.25, 0.3) is 27.8 Å². The number of nitrogens with one attached hydrogen (secondary N) is 1. The number of hydrogen-bond donors (Lipinski definition) is 1. The van der Waals surface area contributed by atoms with Crippen molar-refractivity contribution in [2.24, 2.45) is 7.05 Å². The summed E-state index contributed by atoms with van der Waals surface area (Å²) in [6, 6.07) is 7.54. The van der Waals surface area contributed by atoms with Gasteiger partial charge < -0.3 is 5.32 Å². The Morgan fingerprint density at radius 2 is 1.93 bits per heavy atom. The van der Waals surface area contributed by atoms with Crippen LogP contribution in [0.4, 0.5) is 0 Å². The van der Waals surface area contributed by atoms with Gasteiger partial charge in [0, 0.05) is 42.4 Å². The highest BCUT2D eigenvalue weighted by molar-refractivity contribution is 5.83. The average molecular weight is 374 g/mol. The van der Waals surface area contributed by atoms with Crippen LogP contribution in [0.1, 0.15) is 30.1 Å². The van der Waals surface area contributed by atoms with E-state index < -0.39 is 0 Å².